The highest BCUT2D eigenvalue weighted by Gasteiger charge is 2.45. The normalized spacial score (nSPS) is 17.2. The molecule has 0 radical (unpaired) electrons. The average molecular weight is 554 g/mol. The molecular weight excluding hydrogens is 519 g/mol. The molecule has 1 aliphatic rings. The van der Waals surface area contributed by atoms with Gasteiger partial charge in [-0.25, -0.2) is 9.78 Å². The van der Waals surface area contributed by atoms with Crippen molar-refractivity contribution in [3.63, 3.8) is 0 Å². The number of ether oxygens (including phenoxy) is 2. The first-order valence-corrected chi connectivity index (χ1v) is 12.7. The summed E-state index contributed by atoms with van der Waals surface area (Å²) >= 11 is 0. The molecule has 3 rings (SSSR count). The monoisotopic (exact) mass is 553 g/mol. The number of aromatic nitrogens is 2. The van der Waals surface area contributed by atoms with Crippen LogP contribution in [0.1, 0.15) is 55.6 Å². The molecule has 1 saturated carbocycles. The molecular formula is C26H34F3N5O5. The topological polar surface area (TPSA) is 106 Å². The van der Waals surface area contributed by atoms with Gasteiger partial charge in [0.15, 0.2) is 11.5 Å². The van der Waals surface area contributed by atoms with E-state index in [1.165, 1.54) is 18.2 Å². The second-order valence-electron chi connectivity index (χ2n) is 9.27. The van der Waals surface area contributed by atoms with E-state index in [0.29, 0.717) is 54.9 Å². The lowest BCUT2D eigenvalue weighted by molar-refractivity contribution is -0.235. The Hall–Kier alpha value is -3.77. The third kappa shape index (κ3) is 7.87. The van der Waals surface area contributed by atoms with Gasteiger partial charge in [0.1, 0.15) is 5.82 Å². The lowest BCUT2D eigenvalue weighted by Gasteiger charge is -2.35. The number of amides is 1. The summed E-state index contributed by atoms with van der Waals surface area (Å²) in [5, 5.41) is 3.89. The molecule has 1 aromatic carbocycles. The largest absolute Gasteiger partial charge is 0.493 e. The van der Waals surface area contributed by atoms with E-state index in [4.69, 9.17) is 9.47 Å². The van der Waals surface area contributed by atoms with E-state index in [9.17, 15) is 22.8 Å². The SMILES string of the molecule is CCOc1ccc(C(=O)N(OC(=O)C(F)(F)F)C2CCC(Nc3cc(C)nc(N(C)C)n3)CC2)cc1OCC. The van der Waals surface area contributed by atoms with Crippen molar-refractivity contribution in [1.82, 2.24) is 15.0 Å². The first-order chi connectivity index (χ1) is 18.4. The zero-order valence-corrected chi connectivity index (χ0v) is 22.7. The van der Waals surface area contributed by atoms with Crippen molar-refractivity contribution in [3.05, 3.63) is 35.5 Å². The van der Waals surface area contributed by atoms with E-state index in [1.54, 1.807) is 18.7 Å². The fourth-order valence-corrected chi connectivity index (χ4v) is 4.22. The van der Waals surface area contributed by atoms with Crippen LogP contribution in [0.25, 0.3) is 0 Å². The van der Waals surface area contributed by atoms with Crippen molar-refractivity contribution < 1.29 is 37.1 Å². The molecule has 1 heterocycles. The Balaban J connectivity index is 1.79. The highest BCUT2D eigenvalue weighted by Crippen LogP contribution is 2.32. The van der Waals surface area contributed by atoms with E-state index in [-0.39, 0.29) is 24.0 Å². The predicted molar refractivity (Wildman–Crippen MR) is 138 cm³/mol. The smallest absolute Gasteiger partial charge is 0.490 e. The van der Waals surface area contributed by atoms with E-state index in [2.05, 4.69) is 20.1 Å². The Labute approximate surface area is 225 Å². The van der Waals surface area contributed by atoms with Crippen molar-refractivity contribution in [2.24, 2.45) is 0 Å². The molecule has 0 atom stereocenters. The highest BCUT2D eigenvalue weighted by molar-refractivity contribution is 5.95. The van der Waals surface area contributed by atoms with Crippen molar-refractivity contribution in [3.8, 4) is 11.5 Å². The number of hydroxylamine groups is 2. The number of halogens is 3. The van der Waals surface area contributed by atoms with Crippen LogP contribution < -0.4 is 19.7 Å². The molecule has 214 valence electrons. The first-order valence-electron chi connectivity index (χ1n) is 12.7. The molecule has 1 N–H and O–H groups in total. The van der Waals surface area contributed by atoms with Crippen LogP contribution in [0.3, 0.4) is 0 Å². The molecule has 1 aliphatic carbocycles. The number of hydrogen-bond acceptors (Lipinski definition) is 9. The number of alkyl halides is 3. The Kier molecular flexibility index (Phi) is 9.81. The summed E-state index contributed by atoms with van der Waals surface area (Å²) in [6.07, 6.45) is -3.65. The number of carbonyl (C=O) groups is 2. The lowest BCUT2D eigenvalue weighted by atomic mass is 9.90. The van der Waals surface area contributed by atoms with Crippen LogP contribution in [-0.2, 0) is 9.63 Å². The van der Waals surface area contributed by atoms with Crippen molar-refractivity contribution in [1.29, 1.82) is 0 Å². The van der Waals surface area contributed by atoms with Gasteiger partial charge in [0.05, 0.1) is 19.3 Å². The van der Waals surface area contributed by atoms with E-state index in [0.717, 1.165) is 5.69 Å². The van der Waals surface area contributed by atoms with Gasteiger partial charge in [0.25, 0.3) is 5.91 Å². The van der Waals surface area contributed by atoms with Gasteiger partial charge in [0.2, 0.25) is 5.95 Å². The molecule has 1 aromatic heterocycles. The molecule has 0 unspecified atom stereocenters. The first kappa shape index (κ1) is 29.8. The number of carbonyl (C=O) groups excluding carboxylic acids is 2. The van der Waals surface area contributed by atoms with E-state index < -0.39 is 24.1 Å². The van der Waals surface area contributed by atoms with Crippen LogP contribution in [0.4, 0.5) is 24.9 Å². The summed E-state index contributed by atoms with van der Waals surface area (Å²) in [6.45, 7) is 6.02. The van der Waals surface area contributed by atoms with Crippen molar-refractivity contribution in [2.75, 3.05) is 37.5 Å². The number of hydrogen-bond donors (Lipinski definition) is 1. The third-order valence-corrected chi connectivity index (χ3v) is 6.03. The maximum absolute atomic E-state index is 13.4. The highest BCUT2D eigenvalue weighted by atomic mass is 19.4. The Morgan fingerprint density at radius 1 is 1.00 bits per heavy atom. The van der Waals surface area contributed by atoms with Crippen molar-refractivity contribution >= 4 is 23.6 Å². The minimum atomic E-state index is -5.26. The van der Waals surface area contributed by atoms with Crippen LogP contribution in [0.5, 0.6) is 11.5 Å². The fourth-order valence-electron chi connectivity index (χ4n) is 4.22. The van der Waals surface area contributed by atoms with E-state index in [1.807, 2.05) is 27.1 Å². The summed E-state index contributed by atoms with van der Waals surface area (Å²) in [4.78, 5) is 40.5. The summed E-state index contributed by atoms with van der Waals surface area (Å²) in [5.41, 5.74) is 0.785. The summed E-state index contributed by atoms with van der Waals surface area (Å²) < 4.78 is 50.3. The van der Waals surface area contributed by atoms with Gasteiger partial charge < -0.3 is 24.5 Å². The summed E-state index contributed by atoms with van der Waals surface area (Å²) in [6, 6.07) is 5.28. The quantitative estimate of drug-likeness (QED) is 0.448. The van der Waals surface area contributed by atoms with Crippen LogP contribution in [0.2, 0.25) is 0 Å². The molecule has 0 aliphatic heterocycles. The minimum Gasteiger partial charge on any atom is -0.490 e. The molecule has 0 spiro atoms. The van der Waals surface area contributed by atoms with Gasteiger partial charge in [0, 0.05) is 37.5 Å². The zero-order valence-electron chi connectivity index (χ0n) is 22.7. The standard InChI is InChI=1S/C26H34F3N5O5/c1-6-37-20-13-8-17(15-21(20)38-7-2)23(35)34(39-24(36)26(27,28)29)19-11-9-18(10-12-19)31-22-14-16(3)30-25(32-22)33(4)5/h8,13-15,18-19H,6-7,9-12H2,1-5H3,(H,30,31,32). The summed E-state index contributed by atoms with van der Waals surface area (Å²) in [7, 11) is 3.67. The Morgan fingerprint density at radius 3 is 2.23 bits per heavy atom. The average Bonchev–Trinajstić information content (AvgIpc) is 2.87. The van der Waals surface area contributed by atoms with Gasteiger partial charge in [-0.3, -0.25) is 4.79 Å². The lowest BCUT2D eigenvalue weighted by Crippen LogP contribution is -2.47. The number of rotatable bonds is 9. The predicted octanol–water partition coefficient (Wildman–Crippen LogP) is 4.53. The van der Waals surface area contributed by atoms with Crippen LogP contribution in [-0.4, -0.2) is 72.5 Å². The third-order valence-electron chi connectivity index (χ3n) is 6.03. The number of aryl methyl sites for hydroxylation is 1. The van der Waals surface area contributed by atoms with Gasteiger partial charge in [-0.15, -0.1) is 0 Å². The maximum atomic E-state index is 13.4. The van der Waals surface area contributed by atoms with Gasteiger partial charge in [-0.1, -0.05) is 0 Å². The molecule has 1 fully saturated rings. The molecule has 39 heavy (non-hydrogen) atoms. The molecule has 10 nitrogen and oxygen atoms in total. The maximum Gasteiger partial charge on any atom is 0.493 e. The zero-order chi connectivity index (χ0) is 28.7. The number of nitrogens with one attached hydrogen (secondary N) is 1. The molecule has 0 saturated heterocycles. The number of nitrogens with zero attached hydrogens (tertiary/aromatic N) is 4. The summed E-state index contributed by atoms with van der Waals surface area (Å²) in [5.74, 6) is -1.52. The van der Waals surface area contributed by atoms with Crippen LogP contribution >= 0.6 is 0 Å². The van der Waals surface area contributed by atoms with Crippen LogP contribution in [0.15, 0.2) is 24.3 Å². The Morgan fingerprint density at radius 2 is 1.64 bits per heavy atom. The molecule has 13 heteroatoms. The van der Waals surface area contributed by atoms with Gasteiger partial charge in [-0.05, 0) is 64.7 Å². The van der Waals surface area contributed by atoms with Crippen molar-refractivity contribution in [2.45, 2.75) is 64.7 Å². The van der Waals surface area contributed by atoms with Crippen LogP contribution in [0, 0.1) is 6.92 Å². The molecule has 2 aromatic rings. The molecule has 1 amide bonds. The Bertz CT molecular complexity index is 1150. The second kappa shape index (κ2) is 12.9. The fraction of sp³-hybridized carbons (Fsp3) is 0.538. The number of anilines is 2. The number of benzene rings is 1. The molecule has 0 bridgehead atoms. The van der Waals surface area contributed by atoms with E-state index >= 15 is 0 Å². The minimum absolute atomic E-state index is 0.00445. The van der Waals surface area contributed by atoms with Gasteiger partial charge >= 0.3 is 12.1 Å². The second-order valence-corrected chi connectivity index (χ2v) is 9.27. The van der Waals surface area contributed by atoms with Gasteiger partial charge in [-0.2, -0.15) is 23.2 Å².